The molecule has 0 radical (unpaired) electrons. The molecule has 1 heterocycles. The van der Waals surface area contributed by atoms with Crippen LogP contribution in [0.1, 0.15) is 33.3 Å². The van der Waals surface area contributed by atoms with Gasteiger partial charge in [-0.3, -0.25) is 4.99 Å². The Morgan fingerprint density at radius 2 is 1.93 bits per heavy atom. The van der Waals surface area contributed by atoms with Gasteiger partial charge in [-0.1, -0.05) is 26.0 Å². The van der Waals surface area contributed by atoms with E-state index < -0.39 is 10.0 Å². The van der Waals surface area contributed by atoms with E-state index in [2.05, 4.69) is 29.1 Å². The second-order valence-corrected chi connectivity index (χ2v) is 11.1. The largest absolute Gasteiger partial charge is 0.352 e. The minimum absolute atomic E-state index is 0.0768. The number of guanidine groups is 1. The van der Waals surface area contributed by atoms with Crippen LogP contribution in [0, 0.1) is 5.92 Å². The monoisotopic (exact) mass is 426 g/mol. The molecule has 1 saturated heterocycles. The molecule has 28 heavy (non-hydrogen) atoms. The number of aliphatic imine (C=N–C) groups is 1. The molecular weight excluding hydrogens is 392 g/mol. The average Bonchev–Trinajstić information content (AvgIpc) is 2.68. The van der Waals surface area contributed by atoms with Gasteiger partial charge in [-0.05, 0) is 37.5 Å². The maximum Gasteiger partial charge on any atom is 0.243 e. The van der Waals surface area contributed by atoms with Crippen LogP contribution in [0.25, 0.3) is 0 Å². The van der Waals surface area contributed by atoms with E-state index in [0.717, 1.165) is 30.4 Å². The first-order valence-corrected chi connectivity index (χ1v) is 12.3. The van der Waals surface area contributed by atoms with Gasteiger partial charge in [-0.2, -0.15) is 16.1 Å². The molecule has 158 valence electrons. The number of thioether (sulfide) groups is 1. The van der Waals surface area contributed by atoms with Crippen molar-refractivity contribution in [2.24, 2.45) is 10.9 Å². The van der Waals surface area contributed by atoms with Crippen LogP contribution in [0.3, 0.4) is 0 Å². The Hall–Kier alpha value is -1.25. The van der Waals surface area contributed by atoms with Gasteiger partial charge in [0.25, 0.3) is 0 Å². The third-order valence-corrected chi connectivity index (χ3v) is 8.71. The van der Waals surface area contributed by atoms with Crippen molar-refractivity contribution in [2.75, 3.05) is 32.9 Å². The predicted octanol–water partition coefficient (Wildman–Crippen LogP) is 2.86. The standard InChI is InChI=1S/C20H34N4O2S2/c1-15(2)19-14-24(11-12-27-19)20(21-5)22-13-17-7-9-18(10-8-17)28(25,26)23(6)16(3)4/h7-10,15-16,19H,11-14H2,1-6H3,(H,21,22). The number of hydrogen-bond donors (Lipinski definition) is 1. The summed E-state index contributed by atoms with van der Waals surface area (Å²) in [5.41, 5.74) is 1.03. The molecule has 0 amide bonds. The SMILES string of the molecule is CN=C(NCc1ccc(S(=O)(=O)N(C)C(C)C)cc1)N1CCSC(C(C)C)C1. The molecule has 1 aliphatic heterocycles. The zero-order valence-corrected chi connectivity index (χ0v) is 19.5. The molecule has 0 bridgehead atoms. The van der Waals surface area contributed by atoms with Crippen molar-refractivity contribution in [3.8, 4) is 0 Å². The molecule has 1 aromatic rings. The maximum absolute atomic E-state index is 12.6. The molecule has 2 rings (SSSR count). The smallest absolute Gasteiger partial charge is 0.243 e. The van der Waals surface area contributed by atoms with E-state index in [4.69, 9.17) is 0 Å². The Morgan fingerprint density at radius 3 is 2.46 bits per heavy atom. The Morgan fingerprint density at radius 1 is 1.29 bits per heavy atom. The van der Waals surface area contributed by atoms with E-state index >= 15 is 0 Å². The molecule has 0 aliphatic carbocycles. The summed E-state index contributed by atoms with van der Waals surface area (Å²) in [4.78, 5) is 7.08. The first-order chi connectivity index (χ1) is 13.2. The summed E-state index contributed by atoms with van der Waals surface area (Å²) in [5.74, 6) is 2.66. The molecule has 1 atom stereocenters. The van der Waals surface area contributed by atoms with Gasteiger partial charge in [-0.25, -0.2) is 8.42 Å². The third-order valence-electron chi connectivity index (χ3n) is 5.13. The van der Waals surface area contributed by atoms with Crippen LogP contribution < -0.4 is 5.32 Å². The molecule has 1 unspecified atom stereocenters. The van der Waals surface area contributed by atoms with Crippen LogP contribution in [-0.4, -0.2) is 67.8 Å². The Kier molecular flexibility index (Phi) is 8.21. The number of nitrogens with zero attached hydrogens (tertiary/aromatic N) is 3. The lowest BCUT2D eigenvalue weighted by Crippen LogP contribution is -2.48. The van der Waals surface area contributed by atoms with Crippen LogP contribution >= 0.6 is 11.8 Å². The molecular formula is C20H34N4O2S2. The van der Waals surface area contributed by atoms with Crippen LogP contribution in [-0.2, 0) is 16.6 Å². The van der Waals surface area contributed by atoms with Crippen molar-refractivity contribution in [2.45, 2.75) is 50.4 Å². The Bertz CT molecular complexity index is 761. The molecule has 8 heteroatoms. The molecule has 0 spiro atoms. The van der Waals surface area contributed by atoms with Gasteiger partial charge >= 0.3 is 0 Å². The summed E-state index contributed by atoms with van der Waals surface area (Å²) >= 11 is 2.04. The lowest BCUT2D eigenvalue weighted by atomic mass is 10.1. The van der Waals surface area contributed by atoms with Crippen molar-refractivity contribution in [3.05, 3.63) is 29.8 Å². The maximum atomic E-state index is 12.6. The van der Waals surface area contributed by atoms with Crippen molar-refractivity contribution in [1.82, 2.24) is 14.5 Å². The van der Waals surface area contributed by atoms with Crippen LogP contribution in [0.15, 0.2) is 34.2 Å². The summed E-state index contributed by atoms with van der Waals surface area (Å²) in [5, 5.41) is 4.04. The lowest BCUT2D eigenvalue weighted by molar-refractivity contribution is 0.380. The van der Waals surface area contributed by atoms with Crippen molar-refractivity contribution in [1.29, 1.82) is 0 Å². The fourth-order valence-electron chi connectivity index (χ4n) is 3.01. The molecule has 0 saturated carbocycles. The highest BCUT2D eigenvalue weighted by atomic mass is 32.2. The predicted molar refractivity (Wildman–Crippen MR) is 119 cm³/mol. The average molecular weight is 427 g/mol. The molecule has 1 aliphatic rings. The normalized spacial score (nSPS) is 19.0. The summed E-state index contributed by atoms with van der Waals surface area (Å²) in [7, 11) is -0.0205. The van der Waals surface area contributed by atoms with Crippen LogP contribution in [0.2, 0.25) is 0 Å². The van der Waals surface area contributed by atoms with Gasteiger partial charge in [0, 0.05) is 50.8 Å². The van der Waals surface area contributed by atoms with Gasteiger partial charge in [0.1, 0.15) is 0 Å². The van der Waals surface area contributed by atoms with E-state index in [-0.39, 0.29) is 6.04 Å². The zero-order chi connectivity index (χ0) is 20.9. The number of benzene rings is 1. The van der Waals surface area contributed by atoms with Crippen LogP contribution in [0.5, 0.6) is 0 Å². The fourth-order valence-corrected chi connectivity index (χ4v) is 5.67. The molecule has 1 N–H and O–H groups in total. The Balaban J connectivity index is 2.00. The first-order valence-electron chi connectivity index (χ1n) is 9.81. The molecule has 6 nitrogen and oxygen atoms in total. The topological polar surface area (TPSA) is 65.0 Å². The summed E-state index contributed by atoms with van der Waals surface area (Å²) in [6, 6.07) is 7.02. The van der Waals surface area contributed by atoms with E-state index in [1.54, 1.807) is 19.2 Å². The summed E-state index contributed by atoms with van der Waals surface area (Å²) in [6.07, 6.45) is 0. The first kappa shape index (κ1) is 23.0. The van der Waals surface area contributed by atoms with Gasteiger partial charge in [0.2, 0.25) is 10.0 Å². The summed E-state index contributed by atoms with van der Waals surface area (Å²) < 4.78 is 26.5. The molecule has 0 aromatic heterocycles. The van der Waals surface area contributed by atoms with Crippen molar-refractivity contribution < 1.29 is 8.42 Å². The zero-order valence-electron chi connectivity index (χ0n) is 17.8. The van der Waals surface area contributed by atoms with Gasteiger partial charge in [0.05, 0.1) is 4.90 Å². The highest BCUT2D eigenvalue weighted by molar-refractivity contribution is 8.00. The number of rotatable bonds is 6. The highest BCUT2D eigenvalue weighted by Crippen LogP contribution is 2.25. The second kappa shape index (κ2) is 9.98. The van der Waals surface area contributed by atoms with Gasteiger partial charge < -0.3 is 10.2 Å². The lowest BCUT2D eigenvalue weighted by Gasteiger charge is -2.36. The van der Waals surface area contributed by atoms with Crippen molar-refractivity contribution >= 4 is 27.7 Å². The van der Waals surface area contributed by atoms with Crippen molar-refractivity contribution in [3.63, 3.8) is 0 Å². The number of nitrogens with one attached hydrogen (secondary N) is 1. The third kappa shape index (κ3) is 5.64. The minimum atomic E-state index is -3.44. The molecule has 1 aromatic carbocycles. The molecule has 1 fully saturated rings. The highest BCUT2D eigenvalue weighted by Gasteiger charge is 2.25. The number of hydrogen-bond acceptors (Lipinski definition) is 4. The van der Waals surface area contributed by atoms with Gasteiger partial charge in [0.15, 0.2) is 5.96 Å². The van der Waals surface area contributed by atoms with Gasteiger partial charge in [-0.15, -0.1) is 0 Å². The fraction of sp³-hybridized carbons (Fsp3) is 0.650. The minimum Gasteiger partial charge on any atom is -0.352 e. The van der Waals surface area contributed by atoms with E-state index in [1.807, 2.05) is 44.8 Å². The quantitative estimate of drug-likeness (QED) is 0.560. The van der Waals surface area contributed by atoms with E-state index in [9.17, 15) is 8.42 Å². The Labute approximate surface area is 174 Å². The summed E-state index contributed by atoms with van der Waals surface area (Å²) in [6.45, 7) is 10.9. The number of sulfonamides is 1. The van der Waals surface area contributed by atoms with E-state index in [1.165, 1.54) is 4.31 Å². The van der Waals surface area contributed by atoms with E-state index in [0.29, 0.717) is 22.6 Å². The second-order valence-electron chi connectivity index (χ2n) is 7.76. The van der Waals surface area contributed by atoms with Crippen LogP contribution in [0.4, 0.5) is 0 Å².